The van der Waals surface area contributed by atoms with Crippen LogP contribution >= 0.6 is 11.3 Å². The Labute approximate surface area is 204 Å². The van der Waals surface area contributed by atoms with Gasteiger partial charge >= 0.3 is 5.97 Å². The highest BCUT2D eigenvalue weighted by Crippen LogP contribution is 2.36. The number of anilines is 1. The molecule has 1 aromatic heterocycles. The fourth-order valence-electron chi connectivity index (χ4n) is 3.23. The summed E-state index contributed by atoms with van der Waals surface area (Å²) >= 11 is 1.09. The van der Waals surface area contributed by atoms with Crippen LogP contribution in [0.4, 0.5) is 5.69 Å². The summed E-state index contributed by atoms with van der Waals surface area (Å²) in [6.45, 7) is 8.34. The molecule has 0 saturated heterocycles. The van der Waals surface area contributed by atoms with Crippen LogP contribution < -0.4 is 9.04 Å². The van der Waals surface area contributed by atoms with Crippen LogP contribution in [0.2, 0.25) is 0 Å². The van der Waals surface area contributed by atoms with Crippen molar-refractivity contribution < 1.29 is 23.1 Å². The zero-order chi connectivity index (χ0) is 24.9. The second kappa shape index (κ2) is 10.8. The van der Waals surface area contributed by atoms with E-state index in [0.29, 0.717) is 11.4 Å². The standard InChI is InChI=1S/C25H28N2O5S2/c1-17(2)15-27(34(30,31)25-26-11-12-33-25)22-13-18(3)19(4)14-23(22)32-16-21-7-5-20(6-8-21)9-10-24(28)29/h5-14,17H,15-16H2,1-4H3,(H,28,29). The first-order valence-corrected chi connectivity index (χ1v) is 13.1. The van der Waals surface area contributed by atoms with Crippen LogP contribution in [0, 0.1) is 19.8 Å². The van der Waals surface area contributed by atoms with Crippen molar-refractivity contribution in [2.75, 3.05) is 10.8 Å². The molecule has 34 heavy (non-hydrogen) atoms. The summed E-state index contributed by atoms with van der Waals surface area (Å²) in [4.78, 5) is 14.7. The monoisotopic (exact) mass is 500 g/mol. The first-order valence-electron chi connectivity index (χ1n) is 10.7. The van der Waals surface area contributed by atoms with E-state index in [1.54, 1.807) is 17.5 Å². The van der Waals surface area contributed by atoms with Crippen LogP contribution in [0.1, 0.15) is 36.1 Å². The number of aryl methyl sites for hydroxylation is 2. The van der Waals surface area contributed by atoms with Crippen molar-refractivity contribution in [3.8, 4) is 5.75 Å². The molecule has 2 aromatic carbocycles. The van der Waals surface area contributed by atoms with E-state index in [9.17, 15) is 13.2 Å². The minimum atomic E-state index is -3.85. The van der Waals surface area contributed by atoms with Crippen molar-refractivity contribution in [2.45, 2.75) is 38.6 Å². The number of hydrogen-bond donors (Lipinski definition) is 1. The van der Waals surface area contributed by atoms with Gasteiger partial charge in [-0.15, -0.1) is 11.3 Å². The number of thiazole rings is 1. The average Bonchev–Trinajstić information content (AvgIpc) is 3.33. The lowest BCUT2D eigenvalue weighted by molar-refractivity contribution is -0.131. The number of ether oxygens (including phenoxy) is 1. The van der Waals surface area contributed by atoms with Gasteiger partial charge in [0.2, 0.25) is 4.34 Å². The smallest absolute Gasteiger partial charge is 0.328 e. The molecule has 1 N–H and O–H groups in total. The van der Waals surface area contributed by atoms with Gasteiger partial charge in [-0.1, -0.05) is 38.1 Å². The number of sulfonamides is 1. The Morgan fingerprint density at radius 1 is 1.18 bits per heavy atom. The number of carbonyl (C=O) groups is 1. The van der Waals surface area contributed by atoms with Crippen LogP contribution in [0.15, 0.2) is 58.4 Å². The highest BCUT2D eigenvalue weighted by molar-refractivity contribution is 7.94. The number of aromatic nitrogens is 1. The summed E-state index contributed by atoms with van der Waals surface area (Å²) in [5.41, 5.74) is 4.06. The lowest BCUT2D eigenvalue weighted by Gasteiger charge is -2.28. The third-order valence-electron chi connectivity index (χ3n) is 5.09. The Hall–Kier alpha value is -3.17. The van der Waals surface area contributed by atoms with E-state index >= 15 is 0 Å². The van der Waals surface area contributed by atoms with E-state index in [1.165, 1.54) is 16.6 Å². The fraction of sp³-hybridized carbons (Fsp3) is 0.280. The van der Waals surface area contributed by atoms with Gasteiger partial charge in [0.05, 0.1) is 5.69 Å². The first-order chi connectivity index (χ1) is 16.1. The normalized spacial score (nSPS) is 11.8. The van der Waals surface area contributed by atoms with Crippen LogP contribution in [-0.2, 0) is 21.4 Å². The molecule has 0 unspecified atom stereocenters. The van der Waals surface area contributed by atoms with Crippen molar-refractivity contribution in [1.82, 2.24) is 4.98 Å². The maximum atomic E-state index is 13.5. The molecule has 3 aromatic rings. The molecule has 1 heterocycles. The van der Waals surface area contributed by atoms with Crippen LogP contribution in [0.3, 0.4) is 0 Å². The van der Waals surface area contributed by atoms with E-state index < -0.39 is 16.0 Å². The second-order valence-electron chi connectivity index (χ2n) is 8.33. The number of rotatable bonds is 10. The minimum absolute atomic E-state index is 0.0438. The highest BCUT2D eigenvalue weighted by atomic mass is 32.2. The van der Waals surface area contributed by atoms with E-state index in [-0.39, 0.29) is 23.4 Å². The summed E-state index contributed by atoms with van der Waals surface area (Å²) in [6, 6.07) is 11.0. The Bertz CT molecular complexity index is 1270. The summed E-state index contributed by atoms with van der Waals surface area (Å²) in [5, 5.41) is 10.4. The number of hydrogen-bond acceptors (Lipinski definition) is 6. The van der Waals surface area contributed by atoms with Gasteiger partial charge in [0, 0.05) is 24.2 Å². The van der Waals surface area contributed by atoms with Gasteiger partial charge in [-0.25, -0.2) is 9.78 Å². The predicted molar refractivity (Wildman–Crippen MR) is 135 cm³/mol. The molecule has 0 atom stereocenters. The summed E-state index contributed by atoms with van der Waals surface area (Å²) in [5.74, 6) is -0.456. The number of nitrogens with zero attached hydrogens (tertiary/aromatic N) is 2. The Morgan fingerprint density at radius 2 is 1.85 bits per heavy atom. The van der Waals surface area contributed by atoms with Gasteiger partial charge in [0.1, 0.15) is 12.4 Å². The molecular formula is C25H28N2O5S2. The summed E-state index contributed by atoms with van der Waals surface area (Å²) in [7, 11) is -3.85. The van der Waals surface area contributed by atoms with Gasteiger partial charge < -0.3 is 9.84 Å². The number of carboxylic acids is 1. The van der Waals surface area contributed by atoms with E-state index in [0.717, 1.165) is 39.7 Å². The largest absolute Gasteiger partial charge is 0.487 e. The molecular weight excluding hydrogens is 472 g/mol. The average molecular weight is 501 g/mol. The summed E-state index contributed by atoms with van der Waals surface area (Å²) in [6.07, 6.45) is 4.08. The van der Waals surface area contributed by atoms with Crippen LogP contribution in [0.25, 0.3) is 6.08 Å². The lowest BCUT2D eigenvalue weighted by Crippen LogP contribution is -2.34. The third-order valence-corrected chi connectivity index (χ3v) is 8.05. The SMILES string of the molecule is Cc1cc(OCc2ccc(C=CC(=O)O)cc2)c(N(CC(C)C)S(=O)(=O)c2nccs2)cc1C. The van der Waals surface area contributed by atoms with Crippen molar-refractivity contribution >= 4 is 39.1 Å². The van der Waals surface area contributed by atoms with Gasteiger partial charge in [-0.05, 0) is 60.2 Å². The number of benzene rings is 2. The molecule has 0 fully saturated rings. The number of carboxylic acid groups (broad SMARTS) is 1. The van der Waals surface area contributed by atoms with Crippen molar-refractivity contribution in [1.29, 1.82) is 0 Å². The summed E-state index contributed by atoms with van der Waals surface area (Å²) < 4.78 is 34.5. The predicted octanol–water partition coefficient (Wildman–Crippen LogP) is 5.29. The van der Waals surface area contributed by atoms with Crippen molar-refractivity contribution in [2.24, 2.45) is 5.92 Å². The molecule has 0 aliphatic heterocycles. The Morgan fingerprint density at radius 3 is 2.44 bits per heavy atom. The zero-order valence-corrected chi connectivity index (χ0v) is 21.2. The molecule has 0 radical (unpaired) electrons. The highest BCUT2D eigenvalue weighted by Gasteiger charge is 2.30. The molecule has 0 amide bonds. The number of aliphatic carboxylic acids is 1. The molecule has 0 aliphatic carbocycles. The van der Waals surface area contributed by atoms with Crippen LogP contribution in [-0.4, -0.2) is 31.0 Å². The molecule has 0 saturated carbocycles. The Kier molecular flexibility index (Phi) is 8.11. The van der Waals surface area contributed by atoms with Gasteiger partial charge in [0.15, 0.2) is 0 Å². The van der Waals surface area contributed by atoms with E-state index in [1.807, 2.05) is 52.0 Å². The van der Waals surface area contributed by atoms with Crippen molar-refractivity contribution in [3.05, 3.63) is 76.3 Å². The Balaban J connectivity index is 1.94. The van der Waals surface area contributed by atoms with Gasteiger partial charge in [-0.2, -0.15) is 8.42 Å². The van der Waals surface area contributed by atoms with Crippen LogP contribution in [0.5, 0.6) is 5.75 Å². The fourth-order valence-corrected chi connectivity index (χ4v) is 5.79. The molecule has 0 bridgehead atoms. The maximum absolute atomic E-state index is 13.5. The molecule has 180 valence electrons. The van der Waals surface area contributed by atoms with Gasteiger partial charge in [-0.3, -0.25) is 4.31 Å². The molecule has 3 rings (SSSR count). The molecule has 9 heteroatoms. The van der Waals surface area contributed by atoms with E-state index in [2.05, 4.69) is 4.98 Å². The maximum Gasteiger partial charge on any atom is 0.328 e. The second-order valence-corrected chi connectivity index (χ2v) is 11.3. The van der Waals surface area contributed by atoms with Crippen molar-refractivity contribution in [3.63, 3.8) is 0 Å². The molecule has 7 nitrogen and oxygen atoms in total. The molecule has 0 spiro atoms. The first kappa shape index (κ1) is 25.5. The van der Waals surface area contributed by atoms with Gasteiger partial charge in [0.25, 0.3) is 10.0 Å². The lowest BCUT2D eigenvalue weighted by atomic mass is 10.1. The topological polar surface area (TPSA) is 96.8 Å². The third kappa shape index (κ3) is 6.24. The zero-order valence-electron chi connectivity index (χ0n) is 19.6. The quantitative estimate of drug-likeness (QED) is 0.380. The van der Waals surface area contributed by atoms with E-state index in [4.69, 9.17) is 9.84 Å². The molecule has 0 aliphatic rings. The minimum Gasteiger partial charge on any atom is -0.487 e.